The molecule has 0 aliphatic carbocycles. The van der Waals surface area contributed by atoms with E-state index in [0.717, 1.165) is 16.0 Å². The second-order valence-electron chi connectivity index (χ2n) is 8.07. The van der Waals surface area contributed by atoms with Crippen LogP contribution in [0, 0.1) is 0 Å². The number of nitrogens with one attached hydrogen (secondary N) is 2. The number of pyridine rings is 2. The lowest BCUT2D eigenvalue weighted by Crippen LogP contribution is -2.27. The van der Waals surface area contributed by atoms with Crippen LogP contribution in [-0.2, 0) is 13.2 Å². The molecular formula is C25H19F3N6O2. The van der Waals surface area contributed by atoms with Crippen LogP contribution in [0.2, 0.25) is 0 Å². The number of para-hydroxylation sites is 1. The topological polar surface area (TPSA) is 93.8 Å². The standard InChI is InChI=1S/C25H19F3N6O2/c1-29-20-17-9-11-19(25(26,27)28)30-22(17)34(16-6-4-3-5-7-16)24(36)21(20)31-23(35)14-8-10-18-15(12-14)13-33(2)32-18/h3-13,29H,1-2H3,(H,31,35). The number of rotatable bonds is 4. The lowest BCUT2D eigenvalue weighted by atomic mass is 10.1. The fourth-order valence-corrected chi connectivity index (χ4v) is 4.09. The first kappa shape index (κ1) is 23.1. The highest BCUT2D eigenvalue weighted by Gasteiger charge is 2.33. The van der Waals surface area contributed by atoms with Crippen molar-refractivity contribution in [1.29, 1.82) is 0 Å². The van der Waals surface area contributed by atoms with Gasteiger partial charge in [0.25, 0.3) is 11.5 Å². The summed E-state index contributed by atoms with van der Waals surface area (Å²) in [5.41, 5.74) is -0.744. The Kier molecular flexibility index (Phi) is 5.47. The molecule has 182 valence electrons. The Morgan fingerprint density at radius 2 is 1.75 bits per heavy atom. The Bertz CT molecular complexity index is 1690. The van der Waals surface area contributed by atoms with Gasteiger partial charge in [-0.2, -0.15) is 18.3 Å². The average molecular weight is 492 g/mol. The van der Waals surface area contributed by atoms with E-state index in [9.17, 15) is 22.8 Å². The van der Waals surface area contributed by atoms with E-state index in [0.29, 0.717) is 11.2 Å². The first-order valence-corrected chi connectivity index (χ1v) is 10.8. The first-order chi connectivity index (χ1) is 17.2. The minimum atomic E-state index is -4.70. The molecular weight excluding hydrogens is 473 g/mol. The van der Waals surface area contributed by atoms with E-state index in [1.54, 1.807) is 66.5 Å². The molecule has 0 saturated heterocycles. The zero-order valence-electron chi connectivity index (χ0n) is 19.1. The van der Waals surface area contributed by atoms with Gasteiger partial charge in [0.05, 0.1) is 16.9 Å². The largest absolute Gasteiger partial charge is 0.433 e. The number of carbonyl (C=O) groups is 1. The zero-order valence-corrected chi connectivity index (χ0v) is 19.1. The van der Waals surface area contributed by atoms with E-state index in [1.165, 1.54) is 13.1 Å². The number of carbonyl (C=O) groups excluding carboxylic acids is 1. The maximum Gasteiger partial charge on any atom is 0.433 e. The van der Waals surface area contributed by atoms with Crippen molar-refractivity contribution < 1.29 is 18.0 Å². The Morgan fingerprint density at radius 3 is 2.44 bits per heavy atom. The lowest BCUT2D eigenvalue weighted by molar-refractivity contribution is -0.141. The van der Waals surface area contributed by atoms with Gasteiger partial charge in [-0.05, 0) is 42.5 Å². The molecule has 2 N–H and O–H groups in total. The number of amides is 1. The van der Waals surface area contributed by atoms with Gasteiger partial charge in [0.15, 0.2) is 0 Å². The van der Waals surface area contributed by atoms with Gasteiger partial charge in [-0.3, -0.25) is 18.8 Å². The predicted octanol–water partition coefficient (Wildman–Crippen LogP) is 4.59. The van der Waals surface area contributed by atoms with Gasteiger partial charge in [-0.15, -0.1) is 0 Å². The summed E-state index contributed by atoms with van der Waals surface area (Å²) >= 11 is 0. The number of halogens is 3. The maximum absolute atomic E-state index is 13.7. The number of hydrogen-bond donors (Lipinski definition) is 2. The third-order valence-electron chi connectivity index (χ3n) is 5.70. The molecule has 8 nitrogen and oxygen atoms in total. The number of benzene rings is 2. The molecule has 5 aromatic rings. The molecule has 0 aliphatic rings. The van der Waals surface area contributed by atoms with Crippen LogP contribution < -0.4 is 16.2 Å². The quantitative estimate of drug-likeness (QED) is 0.383. The fourth-order valence-electron chi connectivity index (χ4n) is 4.09. The van der Waals surface area contributed by atoms with Gasteiger partial charge in [-0.25, -0.2) is 4.98 Å². The molecule has 3 heterocycles. The van der Waals surface area contributed by atoms with Crippen molar-refractivity contribution in [3.63, 3.8) is 0 Å². The van der Waals surface area contributed by atoms with E-state index in [1.807, 2.05) is 0 Å². The van der Waals surface area contributed by atoms with E-state index >= 15 is 0 Å². The maximum atomic E-state index is 13.7. The number of alkyl halides is 3. The van der Waals surface area contributed by atoms with Gasteiger partial charge >= 0.3 is 6.18 Å². The summed E-state index contributed by atoms with van der Waals surface area (Å²) in [5, 5.41) is 10.7. The molecule has 5 rings (SSSR count). The molecule has 36 heavy (non-hydrogen) atoms. The van der Waals surface area contributed by atoms with Crippen LogP contribution in [0.5, 0.6) is 0 Å². The Morgan fingerprint density at radius 1 is 1.00 bits per heavy atom. The zero-order chi connectivity index (χ0) is 25.6. The summed E-state index contributed by atoms with van der Waals surface area (Å²) in [4.78, 5) is 30.6. The van der Waals surface area contributed by atoms with Crippen molar-refractivity contribution in [2.75, 3.05) is 17.7 Å². The van der Waals surface area contributed by atoms with Gasteiger partial charge in [-0.1, -0.05) is 18.2 Å². The molecule has 0 fully saturated rings. The van der Waals surface area contributed by atoms with E-state index in [-0.39, 0.29) is 28.0 Å². The van der Waals surface area contributed by atoms with Crippen LogP contribution in [0.25, 0.3) is 27.6 Å². The number of nitrogens with zero attached hydrogens (tertiary/aromatic N) is 4. The molecule has 0 unspecified atom stereocenters. The predicted molar refractivity (Wildman–Crippen MR) is 131 cm³/mol. The van der Waals surface area contributed by atoms with Crippen LogP contribution in [0.1, 0.15) is 16.1 Å². The number of anilines is 2. The number of fused-ring (bicyclic) bond motifs is 2. The summed E-state index contributed by atoms with van der Waals surface area (Å²) in [6, 6.07) is 15.1. The van der Waals surface area contributed by atoms with Gasteiger partial charge in [0.1, 0.15) is 17.0 Å². The normalized spacial score (nSPS) is 11.7. The Hall–Kier alpha value is -4.67. The number of hydrogen-bond acceptors (Lipinski definition) is 5. The average Bonchev–Trinajstić information content (AvgIpc) is 3.23. The smallest absolute Gasteiger partial charge is 0.386 e. The molecule has 0 bridgehead atoms. The summed E-state index contributed by atoms with van der Waals surface area (Å²) in [7, 11) is 3.27. The Labute approximate surface area is 202 Å². The van der Waals surface area contributed by atoms with Gasteiger partial charge in [0.2, 0.25) is 0 Å². The molecule has 11 heteroatoms. The minimum absolute atomic E-state index is 0.119. The van der Waals surface area contributed by atoms with Gasteiger partial charge in [0, 0.05) is 36.6 Å². The van der Waals surface area contributed by atoms with Crippen LogP contribution in [0.15, 0.2) is 71.7 Å². The van der Waals surface area contributed by atoms with Crippen molar-refractivity contribution >= 4 is 39.2 Å². The van der Waals surface area contributed by atoms with Crippen LogP contribution in [0.4, 0.5) is 24.5 Å². The SMILES string of the molecule is CNc1c(NC(=O)c2ccc3nn(C)cc3c2)c(=O)n(-c2ccccc2)c2nc(C(F)(F)F)ccc12. The second kappa shape index (κ2) is 8.52. The van der Waals surface area contributed by atoms with Crippen LogP contribution in [-0.4, -0.2) is 32.3 Å². The first-order valence-electron chi connectivity index (χ1n) is 10.8. The number of aromatic nitrogens is 4. The van der Waals surface area contributed by atoms with Crippen LogP contribution >= 0.6 is 0 Å². The summed E-state index contributed by atoms with van der Waals surface area (Å²) in [6.45, 7) is 0. The summed E-state index contributed by atoms with van der Waals surface area (Å²) in [5.74, 6) is -0.562. The lowest BCUT2D eigenvalue weighted by Gasteiger charge is -2.18. The Balaban J connectivity index is 1.72. The second-order valence-corrected chi connectivity index (χ2v) is 8.07. The van der Waals surface area contributed by atoms with Crippen molar-refractivity contribution in [1.82, 2.24) is 19.3 Å². The molecule has 0 spiro atoms. The highest BCUT2D eigenvalue weighted by Crippen LogP contribution is 2.34. The van der Waals surface area contributed by atoms with Crippen LogP contribution in [0.3, 0.4) is 0 Å². The molecule has 0 aliphatic heterocycles. The third kappa shape index (κ3) is 3.94. The molecule has 0 radical (unpaired) electrons. The van der Waals surface area contributed by atoms with Crippen molar-refractivity contribution in [3.8, 4) is 5.69 Å². The van der Waals surface area contributed by atoms with E-state index in [4.69, 9.17) is 0 Å². The van der Waals surface area contributed by atoms with Gasteiger partial charge < -0.3 is 10.6 Å². The highest BCUT2D eigenvalue weighted by molar-refractivity contribution is 6.10. The fraction of sp³-hybridized carbons (Fsp3) is 0.120. The third-order valence-corrected chi connectivity index (χ3v) is 5.70. The monoisotopic (exact) mass is 492 g/mol. The van der Waals surface area contributed by atoms with E-state index in [2.05, 4.69) is 20.7 Å². The molecule has 2 aromatic carbocycles. The molecule has 0 saturated carbocycles. The molecule has 1 amide bonds. The number of aryl methyl sites for hydroxylation is 1. The minimum Gasteiger partial charge on any atom is -0.386 e. The summed E-state index contributed by atoms with van der Waals surface area (Å²) < 4.78 is 43.0. The molecule has 0 atom stereocenters. The van der Waals surface area contributed by atoms with E-state index < -0.39 is 23.3 Å². The molecule has 3 aromatic heterocycles. The van der Waals surface area contributed by atoms with Crippen molar-refractivity contribution in [3.05, 3.63) is 88.5 Å². The van der Waals surface area contributed by atoms with Crippen molar-refractivity contribution in [2.24, 2.45) is 7.05 Å². The summed E-state index contributed by atoms with van der Waals surface area (Å²) in [6.07, 6.45) is -2.95. The highest BCUT2D eigenvalue weighted by atomic mass is 19.4. The van der Waals surface area contributed by atoms with Crippen molar-refractivity contribution in [2.45, 2.75) is 6.18 Å².